The van der Waals surface area contributed by atoms with Crippen LogP contribution in [0.2, 0.25) is 0 Å². The quantitative estimate of drug-likeness (QED) is 0.493. The fourth-order valence-corrected chi connectivity index (χ4v) is 4.16. The first-order chi connectivity index (χ1) is 15.3. The highest BCUT2D eigenvalue weighted by Gasteiger charge is 2.42. The topological polar surface area (TPSA) is 87.7 Å². The Hall–Kier alpha value is -2.22. The molecule has 2 N–H and O–H groups in total. The molecule has 1 aromatic rings. The van der Waals surface area contributed by atoms with Crippen LogP contribution in [0.25, 0.3) is 0 Å². The molecule has 2 rings (SSSR count). The van der Waals surface area contributed by atoms with Crippen LogP contribution in [0.1, 0.15) is 76.6 Å². The number of hydrogen-bond donors (Lipinski definition) is 3. The third-order valence-corrected chi connectivity index (χ3v) is 5.94. The van der Waals surface area contributed by atoms with Gasteiger partial charge in [-0.3, -0.25) is 9.59 Å². The third kappa shape index (κ3) is 7.39. The van der Waals surface area contributed by atoms with E-state index in [-0.39, 0.29) is 29.7 Å². The Labute approximate surface area is 203 Å². The van der Waals surface area contributed by atoms with Gasteiger partial charge in [0.1, 0.15) is 17.7 Å². The summed E-state index contributed by atoms with van der Waals surface area (Å²) in [5, 5.41) is 5.64. The summed E-state index contributed by atoms with van der Waals surface area (Å²) in [4.78, 5) is 41.4. The van der Waals surface area contributed by atoms with Gasteiger partial charge in [-0.15, -0.1) is 0 Å². The van der Waals surface area contributed by atoms with Crippen LogP contribution in [0.5, 0.6) is 0 Å². The Morgan fingerprint density at radius 1 is 1.15 bits per heavy atom. The molecule has 184 valence electrons. The van der Waals surface area contributed by atoms with Gasteiger partial charge in [-0.25, -0.2) is 4.79 Å². The lowest BCUT2D eigenvalue weighted by atomic mass is 9.87. The number of thiol groups is 1. The van der Waals surface area contributed by atoms with Gasteiger partial charge < -0.3 is 20.3 Å². The van der Waals surface area contributed by atoms with Crippen molar-refractivity contribution in [3.8, 4) is 0 Å². The highest BCUT2D eigenvalue weighted by atomic mass is 32.1. The van der Waals surface area contributed by atoms with Crippen LogP contribution in [-0.2, 0) is 14.3 Å². The zero-order chi connectivity index (χ0) is 24.9. The number of alkyl carbamates (subject to hydrolysis) is 1. The molecule has 0 bridgehead atoms. The number of benzene rings is 1. The van der Waals surface area contributed by atoms with Crippen molar-refractivity contribution in [2.75, 3.05) is 5.75 Å². The molecular formula is C25H39N3O4S. The fourth-order valence-electron chi connectivity index (χ4n) is 3.91. The number of ether oxygens (including phenoxy) is 1. The van der Waals surface area contributed by atoms with Gasteiger partial charge in [0.2, 0.25) is 11.8 Å². The van der Waals surface area contributed by atoms with Crippen molar-refractivity contribution in [3.63, 3.8) is 0 Å². The van der Waals surface area contributed by atoms with Gasteiger partial charge in [0.05, 0.1) is 0 Å². The van der Waals surface area contributed by atoms with E-state index < -0.39 is 23.8 Å². The van der Waals surface area contributed by atoms with Crippen LogP contribution in [-0.4, -0.2) is 52.3 Å². The van der Waals surface area contributed by atoms with Gasteiger partial charge >= 0.3 is 6.09 Å². The first-order valence-electron chi connectivity index (χ1n) is 11.6. The van der Waals surface area contributed by atoms with Crippen LogP contribution in [0, 0.1) is 13.8 Å². The number of hydrogen-bond acceptors (Lipinski definition) is 5. The highest BCUT2D eigenvalue weighted by Crippen LogP contribution is 2.35. The van der Waals surface area contributed by atoms with E-state index in [9.17, 15) is 14.4 Å². The second kappa shape index (κ2) is 11.3. The molecule has 8 heteroatoms. The van der Waals surface area contributed by atoms with Gasteiger partial charge in [0, 0.05) is 17.8 Å². The van der Waals surface area contributed by atoms with Crippen LogP contribution in [0.4, 0.5) is 4.79 Å². The molecule has 1 fully saturated rings. The molecule has 1 saturated carbocycles. The third-order valence-electron chi connectivity index (χ3n) is 5.57. The maximum Gasteiger partial charge on any atom is 0.408 e. The number of rotatable bonds is 8. The molecule has 2 atom stereocenters. The molecule has 0 heterocycles. The second-order valence-corrected chi connectivity index (χ2v) is 10.5. The van der Waals surface area contributed by atoms with Crippen molar-refractivity contribution >= 4 is 30.5 Å². The predicted molar refractivity (Wildman–Crippen MR) is 133 cm³/mol. The average molecular weight is 478 g/mol. The molecule has 0 saturated heterocycles. The van der Waals surface area contributed by atoms with Crippen LogP contribution in [0.3, 0.4) is 0 Å². The van der Waals surface area contributed by atoms with Gasteiger partial charge in [0.25, 0.3) is 0 Å². The van der Waals surface area contributed by atoms with Crippen molar-refractivity contribution in [2.45, 2.75) is 97.5 Å². The smallest absolute Gasteiger partial charge is 0.408 e. The normalized spacial score (nSPS) is 15.9. The van der Waals surface area contributed by atoms with Crippen molar-refractivity contribution in [1.29, 1.82) is 0 Å². The lowest BCUT2D eigenvalue weighted by molar-refractivity contribution is -0.147. The standard InChI is InChI=1S/C25H39N3O4S/c1-15(2)26-22(29)21(19-12-11-16(3)13-17(19)4)28(18-9-8-10-18)23(30)20(14-33)27-24(31)32-25(5,6)7/h11-13,15,18,20-21,33H,8-10,14H2,1-7H3,(H,26,29)(H,27,31). The molecule has 0 radical (unpaired) electrons. The maximum absolute atomic E-state index is 13.8. The molecule has 33 heavy (non-hydrogen) atoms. The van der Waals surface area contributed by atoms with Crippen LogP contribution >= 0.6 is 12.6 Å². The number of nitrogens with one attached hydrogen (secondary N) is 2. The zero-order valence-corrected chi connectivity index (χ0v) is 21.8. The molecule has 3 amide bonds. The lowest BCUT2D eigenvalue weighted by Crippen LogP contribution is -2.58. The van der Waals surface area contributed by atoms with Crippen LogP contribution < -0.4 is 10.6 Å². The monoisotopic (exact) mass is 477 g/mol. The van der Waals surface area contributed by atoms with Gasteiger partial charge in [0.15, 0.2) is 0 Å². The van der Waals surface area contributed by atoms with Crippen LogP contribution in [0.15, 0.2) is 18.2 Å². The molecule has 2 unspecified atom stereocenters. The summed E-state index contributed by atoms with van der Waals surface area (Å²) in [5.74, 6) is -0.469. The summed E-state index contributed by atoms with van der Waals surface area (Å²) in [6, 6.07) is 4.02. The number of carbonyl (C=O) groups excluding carboxylic acids is 3. The minimum absolute atomic E-state index is 0.0790. The van der Waals surface area contributed by atoms with E-state index in [4.69, 9.17) is 4.74 Å². The van der Waals surface area contributed by atoms with Crippen molar-refractivity contribution in [3.05, 3.63) is 34.9 Å². The largest absolute Gasteiger partial charge is 0.444 e. The van der Waals surface area contributed by atoms with E-state index in [1.165, 1.54) is 0 Å². The van der Waals surface area contributed by atoms with Crippen molar-refractivity contribution in [2.24, 2.45) is 0 Å². The Morgan fingerprint density at radius 3 is 2.24 bits per heavy atom. The minimum Gasteiger partial charge on any atom is -0.444 e. The molecule has 0 aliphatic heterocycles. The number of carbonyl (C=O) groups is 3. The van der Waals surface area contributed by atoms with E-state index in [2.05, 4.69) is 23.3 Å². The highest BCUT2D eigenvalue weighted by molar-refractivity contribution is 7.80. The molecule has 1 aromatic carbocycles. The fraction of sp³-hybridized carbons (Fsp3) is 0.640. The summed E-state index contributed by atoms with van der Waals surface area (Å²) in [5.41, 5.74) is 2.12. The number of aryl methyl sites for hydroxylation is 2. The van der Waals surface area contributed by atoms with Crippen molar-refractivity contribution in [1.82, 2.24) is 15.5 Å². The van der Waals surface area contributed by atoms with Crippen molar-refractivity contribution < 1.29 is 19.1 Å². The summed E-state index contributed by atoms with van der Waals surface area (Å²) in [6.45, 7) is 13.0. The van der Waals surface area contributed by atoms with E-state index in [1.807, 2.05) is 45.9 Å². The lowest BCUT2D eigenvalue weighted by Gasteiger charge is -2.44. The Morgan fingerprint density at radius 2 is 1.79 bits per heavy atom. The molecule has 1 aliphatic rings. The van der Waals surface area contributed by atoms with Gasteiger partial charge in [-0.05, 0) is 78.9 Å². The molecule has 7 nitrogen and oxygen atoms in total. The molecule has 0 spiro atoms. The Bertz CT molecular complexity index is 862. The minimum atomic E-state index is -0.913. The maximum atomic E-state index is 13.8. The van der Waals surface area contributed by atoms with Gasteiger partial charge in [-0.2, -0.15) is 12.6 Å². The average Bonchev–Trinajstić information content (AvgIpc) is 2.63. The summed E-state index contributed by atoms with van der Waals surface area (Å²) in [6.07, 6.45) is 1.94. The van der Waals surface area contributed by atoms with E-state index in [0.717, 1.165) is 36.0 Å². The van der Waals surface area contributed by atoms with E-state index in [0.29, 0.717) is 0 Å². The number of nitrogens with zero attached hydrogens (tertiary/aromatic N) is 1. The summed E-state index contributed by atoms with van der Waals surface area (Å²) < 4.78 is 5.34. The SMILES string of the molecule is Cc1ccc(C(C(=O)NC(C)C)N(C(=O)C(CS)NC(=O)OC(C)(C)C)C2CCC2)c(C)c1. The van der Waals surface area contributed by atoms with E-state index in [1.54, 1.807) is 25.7 Å². The van der Waals surface area contributed by atoms with E-state index >= 15 is 0 Å². The number of amides is 3. The molecule has 1 aliphatic carbocycles. The van der Waals surface area contributed by atoms with Gasteiger partial charge in [-0.1, -0.05) is 23.8 Å². The Kier molecular flexibility index (Phi) is 9.23. The second-order valence-electron chi connectivity index (χ2n) is 10.1. The zero-order valence-electron chi connectivity index (χ0n) is 20.9. The Balaban J connectivity index is 2.46. The first-order valence-corrected chi connectivity index (χ1v) is 12.3. The first kappa shape index (κ1) is 27.0. The molecular weight excluding hydrogens is 438 g/mol. The predicted octanol–water partition coefficient (Wildman–Crippen LogP) is 4.07. The summed E-state index contributed by atoms with van der Waals surface area (Å²) >= 11 is 4.33. The summed E-state index contributed by atoms with van der Waals surface area (Å²) in [7, 11) is 0. The molecule has 0 aromatic heterocycles.